The van der Waals surface area contributed by atoms with Crippen molar-refractivity contribution in [3.63, 3.8) is 0 Å². The monoisotopic (exact) mass is 201 g/mol. The molecule has 0 fully saturated rings. The zero-order chi connectivity index (χ0) is 10.8. The Bertz CT molecular complexity index is 532. The van der Waals surface area contributed by atoms with E-state index in [1.807, 2.05) is 37.1 Å². The fourth-order valence-corrected chi connectivity index (χ4v) is 1.50. The third-order valence-corrected chi connectivity index (χ3v) is 2.07. The van der Waals surface area contributed by atoms with Gasteiger partial charge < -0.3 is 4.98 Å². The highest BCUT2D eigenvalue weighted by Crippen LogP contribution is 2.17. The molecule has 2 rings (SSSR count). The number of nitrogens with zero attached hydrogens (tertiary/aromatic N) is 3. The first-order chi connectivity index (χ1) is 7.18. The highest BCUT2D eigenvalue weighted by Gasteiger charge is 2.08. The number of fused-ring (bicyclic) bond motifs is 1. The molecule has 2 heterocycles. The molecule has 0 saturated heterocycles. The Balaban J connectivity index is 2.56. The van der Waals surface area contributed by atoms with Crippen molar-refractivity contribution in [1.82, 2.24) is 15.0 Å². The van der Waals surface area contributed by atoms with E-state index in [1.54, 1.807) is 6.33 Å². The fourth-order valence-electron chi connectivity index (χ4n) is 1.50. The number of allylic oxidation sites excluding steroid dienone is 1. The first-order valence-corrected chi connectivity index (χ1v) is 4.67. The van der Waals surface area contributed by atoms with Gasteiger partial charge in [-0.1, -0.05) is 6.58 Å². The van der Waals surface area contributed by atoms with Crippen LogP contribution in [-0.2, 0) is 0 Å². The van der Waals surface area contributed by atoms with Crippen LogP contribution in [0.15, 0.2) is 25.2 Å². The standard InChI is InChI=1S/C11H13N4/c1-8(6-15(2)3)10-9-4-5-12-11(9)14-7-13-10/h4-7H,1H2,2-3H3,(H,12,13,14)/q+1. The van der Waals surface area contributed by atoms with Crippen LogP contribution in [0.25, 0.3) is 16.6 Å². The zero-order valence-corrected chi connectivity index (χ0v) is 8.86. The van der Waals surface area contributed by atoms with Crippen LogP contribution in [0.1, 0.15) is 5.69 Å². The summed E-state index contributed by atoms with van der Waals surface area (Å²) in [6.45, 7) is 3.99. The van der Waals surface area contributed by atoms with Crippen LogP contribution in [0.2, 0.25) is 0 Å². The first-order valence-electron chi connectivity index (χ1n) is 4.67. The number of nitrogens with one attached hydrogen (secondary N) is 1. The fraction of sp³-hybridized carbons (Fsp3) is 0.182. The average molecular weight is 201 g/mol. The predicted octanol–water partition coefficient (Wildman–Crippen LogP) is 1.31. The van der Waals surface area contributed by atoms with Crippen molar-refractivity contribution in [3.8, 4) is 0 Å². The van der Waals surface area contributed by atoms with Gasteiger partial charge in [0, 0.05) is 11.6 Å². The molecule has 4 nitrogen and oxygen atoms in total. The number of rotatable bonds is 2. The molecule has 0 atom stereocenters. The van der Waals surface area contributed by atoms with Crippen molar-refractivity contribution in [1.29, 1.82) is 0 Å². The van der Waals surface area contributed by atoms with E-state index >= 15 is 0 Å². The summed E-state index contributed by atoms with van der Waals surface area (Å²) in [5, 5.41) is 1.00. The van der Waals surface area contributed by atoms with E-state index in [0.717, 1.165) is 22.3 Å². The number of H-pyrrole nitrogens is 1. The van der Waals surface area contributed by atoms with E-state index in [0.29, 0.717) is 0 Å². The molecule has 1 N–H and O–H groups in total. The lowest BCUT2D eigenvalue weighted by Crippen LogP contribution is -2.01. The molecular formula is C11H13N4+. The Labute approximate surface area is 88.0 Å². The molecule has 0 radical (unpaired) electrons. The Morgan fingerprint density at radius 2 is 2.27 bits per heavy atom. The molecule has 0 amide bonds. The molecule has 0 bridgehead atoms. The first kappa shape index (κ1) is 9.58. The number of aromatic amines is 1. The number of aromatic nitrogens is 3. The number of hydrogen-bond acceptors (Lipinski definition) is 2. The summed E-state index contributed by atoms with van der Waals surface area (Å²) in [6, 6.07) is 1.96. The maximum Gasteiger partial charge on any atom is 0.171 e. The minimum absolute atomic E-state index is 0.841. The molecule has 0 aromatic carbocycles. The van der Waals surface area contributed by atoms with Gasteiger partial charge >= 0.3 is 0 Å². The van der Waals surface area contributed by atoms with E-state index < -0.39 is 0 Å². The molecule has 2 aromatic rings. The summed E-state index contributed by atoms with van der Waals surface area (Å²) in [5.41, 5.74) is 2.59. The van der Waals surface area contributed by atoms with Gasteiger partial charge in [0.15, 0.2) is 6.21 Å². The second kappa shape index (κ2) is 3.65. The van der Waals surface area contributed by atoms with Gasteiger partial charge in [-0.2, -0.15) is 0 Å². The maximum atomic E-state index is 4.24. The highest BCUT2D eigenvalue weighted by atomic mass is 14.9. The van der Waals surface area contributed by atoms with Gasteiger partial charge in [0.2, 0.25) is 0 Å². The molecule has 4 heteroatoms. The summed E-state index contributed by atoms with van der Waals surface area (Å²) < 4.78 is 1.95. The van der Waals surface area contributed by atoms with Crippen molar-refractivity contribution in [3.05, 3.63) is 30.9 Å². The normalized spacial score (nSPS) is 10.3. The molecule has 2 aromatic heterocycles. The van der Waals surface area contributed by atoms with Gasteiger partial charge in [0.05, 0.1) is 11.3 Å². The number of hydrogen-bond donors (Lipinski definition) is 1. The Kier molecular flexibility index (Phi) is 2.33. The van der Waals surface area contributed by atoms with Crippen LogP contribution >= 0.6 is 0 Å². The molecule has 0 aliphatic heterocycles. The van der Waals surface area contributed by atoms with E-state index in [-0.39, 0.29) is 0 Å². The molecule has 76 valence electrons. The van der Waals surface area contributed by atoms with Crippen molar-refractivity contribution in [2.45, 2.75) is 0 Å². The third kappa shape index (κ3) is 1.79. The van der Waals surface area contributed by atoms with Gasteiger partial charge in [0.1, 0.15) is 26.1 Å². The topological polar surface area (TPSA) is 44.6 Å². The summed E-state index contributed by atoms with van der Waals surface area (Å²) in [4.78, 5) is 11.4. The smallest absolute Gasteiger partial charge is 0.171 e. The van der Waals surface area contributed by atoms with Crippen LogP contribution in [0, 0.1) is 0 Å². The van der Waals surface area contributed by atoms with Crippen molar-refractivity contribution >= 4 is 22.8 Å². The van der Waals surface area contributed by atoms with E-state index in [1.165, 1.54) is 0 Å². The molecule has 0 spiro atoms. The third-order valence-electron chi connectivity index (χ3n) is 2.07. The second-order valence-corrected chi connectivity index (χ2v) is 3.58. The van der Waals surface area contributed by atoms with Crippen molar-refractivity contribution < 1.29 is 4.58 Å². The summed E-state index contributed by atoms with van der Waals surface area (Å²) >= 11 is 0. The van der Waals surface area contributed by atoms with Gasteiger partial charge in [-0.05, 0) is 6.07 Å². The summed E-state index contributed by atoms with van der Waals surface area (Å²) in [5.74, 6) is 0. The van der Waals surface area contributed by atoms with E-state index in [9.17, 15) is 0 Å². The van der Waals surface area contributed by atoms with Crippen LogP contribution in [0.4, 0.5) is 0 Å². The quantitative estimate of drug-likeness (QED) is 0.588. The van der Waals surface area contributed by atoms with Crippen molar-refractivity contribution in [2.24, 2.45) is 0 Å². The zero-order valence-electron chi connectivity index (χ0n) is 8.86. The largest absolute Gasteiger partial charge is 0.346 e. The van der Waals surface area contributed by atoms with Crippen molar-refractivity contribution in [2.75, 3.05) is 14.1 Å². The summed E-state index contributed by atoms with van der Waals surface area (Å²) in [7, 11) is 3.92. The Morgan fingerprint density at radius 1 is 1.47 bits per heavy atom. The molecule has 0 aliphatic carbocycles. The SMILES string of the molecule is C=C(C=[N+](C)C)c1ncnc2[nH]ccc12. The highest BCUT2D eigenvalue weighted by molar-refractivity contribution is 6.10. The van der Waals surface area contributed by atoms with Crippen LogP contribution in [0.5, 0.6) is 0 Å². The molecule has 0 saturated carbocycles. The molecule has 0 aliphatic rings. The van der Waals surface area contributed by atoms with Gasteiger partial charge in [-0.3, -0.25) is 0 Å². The predicted molar refractivity (Wildman–Crippen MR) is 61.1 cm³/mol. The average Bonchev–Trinajstić information content (AvgIpc) is 2.63. The van der Waals surface area contributed by atoms with Crippen LogP contribution < -0.4 is 0 Å². The van der Waals surface area contributed by atoms with Gasteiger partial charge in [-0.15, -0.1) is 0 Å². The molecule has 0 unspecified atom stereocenters. The van der Waals surface area contributed by atoms with E-state index in [4.69, 9.17) is 0 Å². The van der Waals surface area contributed by atoms with Crippen LogP contribution in [-0.4, -0.2) is 39.8 Å². The molecule has 15 heavy (non-hydrogen) atoms. The maximum absolute atomic E-state index is 4.24. The minimum Gasteiger partial charge on any atom is -0.346 e. The van der Waals surface area contributed by atoms with Crippen LogP contribution in [0.3, 0.4) is 0 Å². The molecular weight excluding hydrogens is 188 g/mol. The second-order valence-electron chi connectivity index (χ2n) is 3.58. The summed E-state index contributed by atoms with van der Waals surface area (Å²) in [6.07, 6.45) is 5.34. The lowest BCUT2D eigenvalue weighted by molar-refractivity contribution is -0.458. The lowest BCUT2D eigenvalue weighted by Gasteiger charge is -1.98. The van der Waals surface area contributed by atoms with Gasteiger partial charge in [0.25, 0.3) is 0 Å². The lowest BCUT2D eigenvalue weighted by atomic mass is 10.1. The Hall–Kier alpha value is -1.97. The van der Waals surface area contributed by atoms with E-state index in [2.05, 4.69) is 21.5 Å². The van der Waals surface area contributed by atoms with Gasteiger partial charge in [-0.25, -0.2) is 14.5 Å². The minimum atomic E-state index is 0.841. The Morgan fingerprint density at radius 3 is 3.00 bits per heavy atom.